The highest BCUT2D eigenvalue weighted by Crippen LogP contribution is 2.20. The van der Waals surface area contributed by atoms with Crippen molar-refractivity contribution in [2.45, 2.75) is 31.7 Å². The molecule has 3 N–H and O–H groups in total. The van der Waals surface area contributed by atoms with Gasteiger partial charge in [0.1, 0.15) is 0 Å². The van der Waals surface area contributed by atoms with E-state index in [0.717, 1.165) is 5.56 Å². The standard InChI is InChI=1S/C19H23N3O4S/c1-12-8-9-17(27(25,26)20-4)11-18(12)19(24)21-13(2)15-6-5-7-16(10-15)22-14(3)23/h5-11,13,20H,1-4H3,(H,21,24)(H,22,23). The molecular formula is C19H23N3O4S. The van der Waals surface area contributed by atoms with Crippen molar-refractivity contribution in [2.75, 3.05) is 12.4 Å². The van der Waals surface area contributed by atoms with E-state index in [1.165, 1.54) is 26.1 Å². The Kier molecular flexibility index (Phi) is 6.35. The zero-order valence-electron chi connectivity index (χ0n) is 15.7. The second kappa shape index (κ2) is 8.32. The minimum Gasteiger partial charge on any atom is -0.346 e. The highest BCUT2D eigenvalue weighted by atomic mass is 32.2. The number of aryl methyl sites for hydroxylation is 1. The molecule has 0 radical (unpaired) electrons. The molecule has 0 aliphatic rings. The summed E-state index contributed by atoms with van der Waals surface area (Å²) in [6, 6.07) is 11.2. The van der Waals surface area contributed by atoms with Gasteiger partial charge in [-0.05, 0) is 56.3 Å². The smallest absolute Gasteiger partial charge is 0.252 e. The number of amides is 2. The van der Waals surface area contributed by atoms with Crippen LogP contribution in [0.5, 0.6) is 0 Å². The van der Waals surface area contributed by atoms with Crippen molar-refractivity contribution in [3.8, 4) is 0 Å². The average Bonchev–Trinajstić information content (AvgIpc) is 2.61. The maximum absolute atomic E-state index is 12.7. The van der Waals surface area contributed by atoms with Gasteiger partial charge in [0.15, 0.2) is 0 Å². The minimum absolute atomic E-state index is 0.0288. The van der Waals surface area contributed by atoms with Gasteiger partial charge >= 0.3 is 0 Å². The Bertz CT molecular complexity index is 971. The molecule has 0 spiro atoms. The van der Waals surface area contributed by atoms with E-state index in [2.05, 4.69) is 15.4 Å². The first-order chi connectivity index (χ1) is 12.6. The quantitative estimate of drug-likeness (QED) is 0.705. The summed E-state index contributed by atoms with van der Waals surface area (Å²) in [5, 5.41) is 5.56. The third-order valence-electron chi connectivity index (χ3n) is 4.09. The predicted octanol–water partition coefficient (Wildman–Crippen LogP) is 2.35. The fourth-order valence-corrected chi connectivity index (χ4v) is 3.33. The molecule has 0 aromatic heterocycles. The van der Waals surface area contributed by atoms with Gasteiger partial charge < -0.3 is 10.6 Å². The molecule has 8 heteroatoms. The molecule has 2 amide bonds. The SMILES string of the molecule is CNS(=O)(=O)c1ccc(C)c(C(=O)NC(C)c2cccc(NC(C)=O)c2)c1. The lowest BCUT2D eigenvalue weighted by Gasteiger charge is -2.17. The van der Waals surface area contributed by atoms with Gasteiger partial charge in [-0.2, -0.15) is 0 Å². The molecule has 2 aromatic rings. The number of rotatable bonds is 6. The topological polar surface area (TPSA) is 104 Å². The van der Waals surface area contributed by atoms with Crippen LogP contribution in [-0.4, -0.2) is 27.3 Å². The first-order valence-electron chi connectivity index (χ1n) is 8.36. The third kappa shape index (κ3) is 5.15. The van der Waals surface area contributed by atoms with Crippen LogP contribution in [0.4, 0.5) is 5.69 Å². The monoisotopic (exact) mass is 389 g/mol. The van der Waals surface area contributed by atoms with Gasteiger partial charge in [0.05, 0.1) is 10.9 Å². The lowest BCUT2D eigenvalue weighted by atomic mass is 10.1. The largest absolute Gasteiger partial charge is 0.346 e. The maximum atomic E-state index is 12.7. The van der Waals surface area contributed by atoms with Crippen LogP contribution in [0, 0.1) is 6.92 Å². The number of hydrogen-bond acceptors (Lipinski definition) is 4. The fraction of sp³-hybridized carbons (Fsp3) is 0.263. The van der Waals surface area contributed by atoms with Crippen LogP contribution in [0.1, 0.15) is 41.4 Å². The van der Waals surface area contributed by atoms with E-state index in [1.54, 1.807) is 31.2 Å². The number of carbonyl (C=O) groups excluding carboxylic acids is 2. The molecule has 0 heterocycles. The van der Waals surface area contributed by atoms with Crippen molar-refractivity contribution in [1.29, 1.82) is 0 Å². The Morgan fingerprint density at radius 3 is 2.41 bits per heavy atom. The lowest BCUT2D eigenvalue weighted by molar-refractivity contribution is -0.114. The zero-order valence-corrected chi connectivity index (χ0v) is 16.5. The molecule has 144 valence electrons. The number of hydrogen-bond donors (Lipinski definition) is 3. The van der Waals surface area contributed by atoms with Gasteiger partial charge in [-0.1, -0.05) is 18.2 Å². The summed E-state index contributed by atoms with van der Waals surface area (Å²) in [5.41, 5.74) is 2.41. The Morgan fingerprint density at radius 2 is 1.78 bits per heavy atom. The maximum Gasteiger partial charge on any atom is 0.252 e. The van der Waals surface area contributed by atoms with Crippen molar-refractivity contribution in [2.24, 2.45) is 0 Å². The molecule has 0 saturated heterocycles. The number of carbonyl (C=O) groups is 2. The fourth-order valence-electron chi connectivity index (χ4n) is 2.58. The number of nitrogens with one attached hydrogen (secondary N) is 3. The van der Waals surface area contributed by atoms with E-state index in [1.807, 2.05) is 13.0 Å². The molecule has 0 aliphatic carbocycles. The Balaban J connectivity index is 2.24. The molecule has 0 fully saturated rings. The van der Waals surface area contributed by atoms with E-state index in [0.29, 0.717) is 11.3 Å². The Hall–Kier alpha value is -2.71. The van der Waals surface area contributed by atoms with Crippen LogP contribution in [-0.2, 0) is 14.8 Å². The number of benzene rings is 2. The molecule has 1 atom stereocenters. The summed E-state index contributed by atoms with van der Waals surface area (Å²) in [5.74, 6) is -0.555. The van der Waals surface area contributed by atoms with E-state index >= 15 is 0 Å². The third-order valence-corrected chi connectivity index (χ3v) is 5.50. The summed E-state index contributed by atoms with van der Waals surface area (Å²) in [6.45, 7) is 4.98. The van der Waals surface area contributed by atoms with Gasteiger partial charge in [0.2, 0.25) is 15.9 Å². The number of anilines is 1. The summed E-state index contributed by atoms with van der Waals surface area (Å²) in [7, 11) is -2.32. The Labute approximate surface area is 159 Å². The summed E-state index contributed by atoms with van der Waals surface area (Å²) in [6.07, 6.45) is 0. The Morgan fingerprint density at radius 1 is 1.07 bits per heavy atom. The highest BCUT2D eigenvalue weighted by Gasteiger charge is 2.18. The average molecular weight is 389 g/mol. The van der Waals surface area contributed by atoms with Crippen molar-refractivity contribution in [3.63, 3.8) is 0 Å². The molecule has 0 aliphatic heterocycles. The molecule has 2 rings (SSSR count). The normalized spacial score (nSPS) is 12.3. The molecule has 2 aromatic carbocycles. The van der Waals surface area contributed by atoms with Crippen molar-refractivity contribution < 1.29 is 18.0 Å². The molecule has 27 heavy (non-hydrogen) atoms. The van der Waals surface area contributed by atoms with E-state index < -0.39 is 10.0 Å². The van der Waals surface area contributed by atoms with E-state index in [4.69, 9.17) is 0 Å². The van der Waals surface area contributed by atoms with E-state index in [9.17, 15) is 18.0 Å². The van der Waals surface area contributed by atoms with Crippen LogP contribution in [0.25, 0.3) is 0 Å². The van der Waals surface area contributed by atoms with Crippen LogP contribution >= 0.6 is 0 Å². The van der Waals surface area contributed by atoms with Crippen molar-refractivity contribution in [3.05, 3.63) is 59.2 Å². The molecule has 0 saturated carbocycles. The molecular weight excluding hydrogens is 366 g/mol. The minimum atomic E-state index is -3.64. The first kappa shape index (κ1) is 20.6. The van der Waals surface area contributed by atoms with Gasteiger partial charge in [0.25, 0.3) is 5.91 Å². The summed E-state index contributed by atoms with van der Waals surface area (Å²) < 4.78 is 26.2. The summed E-state index contributed by atoms with van der Waals surface area (Å²) >= 11 is 0. The highest BCUT2D eigenvalue weighted by molar-refractivity contribution is 7.89. The van der Waals surface area contributed by atoms with Gasteiger partial charge in [-0.3, -0.25) is 9.59 Å². The van der Waals surface area contributed by atoms with Crippen molar-refractivity contribution >= 4 is 27.5 Å². The summed E-state index contributed by atoms with van der Waals surface area (Å²) in [4.78, 5) is 23.9. The first-order valence-corrected chi connectivity index (χ1v) is 9.85. The molecule has 7 nitrogen and oxygen atoms in total. The molecule has 0 bridgehead atoms. The van der Waals surface area contributed by atoms with Crippen LogP contribution in [0.15, 0.2) is 47.4 Å². The molecule has 1 unspecified atom stereocenters. The number of sulfonamides is 1. The zero-order chi connectivity index (χ0) is 20.2. The van der Waals surface area contributed by atoms with Crippen molar-refractivity contribution in [1.82, 2.24) is 10.0 Å². The second-order valence-corrected chi connectivity index (χ2v) is 8.07. The van der Waals surface area contributed by atoms with Crippen LogP contribution in [0.2, 0.25) is 0 Å². The predicted molar refractivity (Wildman–Crippen MR) is 104 cm³/mol. The second-order valence-electron chi connectivity index (χ2n) is 6.19. The lowest BCUT2D eigenvalue weighted by Crippen LogP contribution is -2.28. The van der Waals surface area contributed by atoms with Gasteiger partial charge in [0, 0.05) is 18.2 Å². The van der Waals surface area contributed by atoms with Gasteiger partial charge in [-0.15, -0.1) is 0 Å². The van der Waals surface area contributed by atoms with Crippen LogP contribution < -0.4 is 15.4 Å². The van der Waals surface area contributed by atoms with Crippen LogP contribution in [0.3, 0.4) is 0 Å². The van der Waals surface area contributed by atoms with E-state index in [-0.39, 0.29) is 28.3 Å². The van der Waals surface area contributed by atoms with Gasteiger partial charge in [-0.25, -0.2) is 13.1 Å².